The van der Waals surface area contributed by atoms with Gasteiger partial charge >= 0.3 is 0 Å². The molecule has 0 saturated heterocycles. The van der Waals surface area contributed by atoms with E-state index in [4.69, 9.17) is 11.0 Å². The van der Waals surface area contributed by atoms with E-state index in [1.165, 1.54) is 6.08 Å². The van der Waals surface area contributed by atoms with Crippen LogP contribution in [-0.2, 0) is 0 Å². The number of hydrogen-bond donors (Lipinski definition) is 1. The lowest BCUT2D eigenvalue weighted by Crippen LogP contribution is -1.92. The zero-order chi connectivity index (χ0) is 8.97. The number of allylic oxidation sites excluding steroid dienone is 1. The molecule has 0 aliphatic carbocycles. The van der Waals surface area contributed by atoms with Gasteiger partial charge in [-0.05, 0) is 30.7 Å². The van der Waals surface area contributed by atoms with E-state index < -0.39 is 0 Å². The first-order valence-corrected chi connectivity index (χ1v) is 3.52. The van der Waals surface area contributed by atoms with Crippen molar-refractivity contribution in [3.8, 4) is 6.07 Å². The van der Waals surface area contributed by atoms with E-state index in [1.54, 1.807) is 12.1 Å². The summed E-state index contributed by atoms with van der Waals surface area (Å²) in [5, 5.41) is 8.27. The van der Waals surface area contributed by atoms with Crippen LogP contribution in [0.25, 0.3) is 6.08 Å². The lowest BCUT2D eigenvalue weighted by Gasteiger charge is -1.97. The summed E-state index contributed by atoms with van der Waals surface area (Å²) in [5.41, 5.74) is 7.26. The molecular weight excluding hydrogens is 150 g/mol. The predicted molar refractivity (Wildman–Crippen MR) is 48.0 cm³/mol. The molecule has 1 aromatic rings. The van der Waals surface area contributed by atoms with Crippen molar-refractivity contribution in [3.63, 3.8) is 0 Å². The first-order chi connectivity index (χ1) is 5.72. The van der Waals surface area contributed by atoms with Gasteiger partial charge in [-0.25, -0.2) is 4.98 Å². The van der Waals surface area contributed by atoms with Crippen LogP contribution in [0.4, 0.5) is 5.82 Å². The van der Waals surface area contributed by atoms with Crippen molar-refractivity contribution in [2.24, 2.45) is 0 Å². The van der Waals surface area contributed by atoms with Gasteiger partial charge in [-0.1, -0.05) is 0 Å². The largest absolute Gasteiger partial charge is 0.384 e. The fraction of sp³-hybridized carbons (Fsp3) is 0.111. The van der Waals surface area contributed by atoms with Crippen molar-refractivity contribution in [2.75, 3.05) is 5.73 Å². The third-order valence-corrected chi connectivity index (χ3v) is 1.34. The topological polar surface area (TPSA) is 62.7 Å². The lowest BCUT2D eigenvalue weighted by molar-refractivity contribution is 1.27. The van der Waals surface area contributed by atoms with Crippen LogP contribution in [0.1, 0.15) is 11.3 Å². The zero-order valence-corrected chi connectivity index (χ0v) is 6.78. The van der Waals surface area contributed by atoms with Crippen molar-refractivity contribution >= 4 is 11.9 Å². The monoisotopic (exact) mass is 159 g/mol. The molecule has 60 valence electrons. The number of nitriles is 1. The minimum absolute atomic E-state index is 0.479. The normalized spacial score (nSPS) is 10.0. The summed E-state index contributed by atoms with van der Waals surface area (Å²) in [4.78, 5) is 4.01. The SMILES string of the molecule is Cc1cc(N)nc(C=CC#N)c1. The van der Waals surface area contributed by atoms with E-state index in [2.05, 4.69) is 4.98 Å². The molecule has 0 atom stereocenters. The van der Waals surface area contributed by atoms with Gasteiger partial charge in [-0.2, -0.15) is 5.26 Å². The Morgan fingerprint density at radius 1 is 1.58 bits per heavy atom. The number of nitrogens with zero attached hydrogens (tertiary/aromatic N) is 2. The number of aromatic nitrogens is 1. The first-order valence-electron chi connectivity index (χ1n) is 3.52. The maximum Gasteiger partial charge on any atom is 0.124 e. The summed E-state index contributed by atoms with van der Waals surface area (Å²) in [6, 6.07) is 5.54. The van der Waals surface area contributed by atoms with E-state index >= 15 is 0 Å². The summed E-state index contributed by atoms with van der Waals surface area (Å²) in [7, 11) is 0. The fourth-order valence-electron chi connectivity index (χ4n) is 0.930. The molecule has 1 heterocycles. The van der Waals surface area contributed by atoms with Crippen LogP contribution in [0.5, 0.6) is 0 Å². The molecular formula is C9H9N3. The van der Waals surface area contributed by atoms with Crippen molar-refractivity contribution in [1.82, 2.24) is 4.98 Å². The molecule has 0 spiro atoms. The summed E-state index contributed by atoms with van der Waals surface area (Å²) in [5.74, 6) is 0.479. The number of aryl methyl sites for hydroxylation is 1. The van der Waals surface area contributed by atoms with Gasteiger partial charge in [0.1, 0.15) is 5.82 Å². The van der Waals surface area contributed by atoms with E-state index in [1.807, 2.05) is 19.1 Å². The fourth-order valence-corrected chi connectivity index (χ4v) is 0.930. The Labute approximate surface area is 71.2 Å². The number of pyridine rings is 1. The average molecular weight is 159 g/mol. The van der Waals surface area contributed by atoms with Gasteiger partial charge in [0.2, 0.25) is 0 Å². The molecule has 0 fully saturated rings. The first kappa shape index (κ1) is 8.28. The van der Waals surface area contributed by atoms with Gasteiger partial charge in [0.15, 0.2) is 0 Å². The highest BCUT2D eigenvalue weighted by molar-refractivity contribution is 5.51. The molecule has 0 radical (unpaired) electrons. The molecule has 0 aliphatic heterocycles. The maximum atomic E-state index is 8.27. The predicted octanol–water partition coefficient (Wildman–Crippen LogP) is 1.51. The molecule has 12 heavy (non-hydrogen) atoms. The third kappa shape index (κ3) is 2.10. The Morgan fingerprint density at radius 2 is 2.33 bits per heavy atom. The number of rotatable bonds is 1. The van der Waals surface area contributed by atoms with Gasteiger partial charge in [0.05, 0.1) is 11.8 Å². The van der Waals surface area contributed by atoms with Gasteiger partial charge in [0, 0.05) is 6.08 Å². The lowest BCUT2D eigenvalue weighted by atomic mass is 10.2. The third-order valence-electron chi connectivity index (χ3n) is 1.34. The molecule has 1 rings (SSSR count). The summed E-state index contributed by atoms with van der Waals surface area (Å²) < 4.78 is 0. The van der Waals surface area contributed by atoms with E-state index in [-0.39, 0.29) is 0 Å². The maximum absolute atomic E-state index is 8.27. The van der Waals surface area contributed by atoms with Gasteiger partial charge in [0.25, 0.3) is 0 Å². The second-order valence-electron chi connectivity index (χ2n) is 2.46. The molecule has 3 nitrogen and oxygen atoms in total. The van der Waals surface area contributed by atoms with E-state index in [9.17, 15) is 0 Å². The smallest absolute Gasteiger partial charge is 0.124 e. The Morgan fingerprint density at radius 3 is 2.92 bits per heavy atom. The molecule has 1 aromatic heterocycles. The van der Waals surface area contributed by atoms with E-state index in [0.717, 1.165) is 5.56 Å². The second kappa shape index (κ2) is 3.54. The van der Waals surface area contributed by atoms with Crippen molar-refractivity contribution in [3.05, 3.63) is 29.5 Å². The Bertz CT molecular complexity index is 327. The molecule has 2 N–H and O–H groups in total. The standard InChI is InChI=1S/C9H9N3/c1-7-5-8(3-2-4-10)12-9(11)6-7/h2-3,5-6H,1H3,(H2,11,12). The van der Waals surface area contributed by atoms with Crippen LogP contribution < -0.4 is 5.73 Å². The summed E-state index contributed by atoms with van der Waals surface area (Å²) in [6.45, 7) is 1.93. The number of hydrogen-bond acceptors (Lipinski definition) is 3. The summed E-state index contributed by atoms with van der Waals surface area (Å²) >= 11 is 0. The van der Waals surface area contributed by atoms with Crippen LogP contribution in [0.2, 0.25) is 0 Å². The van der Waals surface area contributed by atoms with Crippen LogP contribution in [0, 0.1) is 18.3 Å². The Hall–Kier alpha value is -1.82. The highest BCUT2D eigenvalue weighted by Gasteiger charge is 1.92. The number of nitrogen functional groups attached to an aromatic ring is 1. The van der Waals surface area contributed by atoms with Crippen molar-refractivity contribution in [2.45, 2.75) is 6.92 Å². The minimum Gasteiger partial charge on any atom is -0.384 e. The quantitative estimate of drug-likeness (QED) is 0.632. The van der Waals surface area contributed by atoms with Crippen LogP contribution >= 0.6 is 0 Å². The van der Waals surface area contributed by atoms with Crippen LogP contribution in [0.15, 0.2) is 18.2 Å². The molecule has 0 amide bonds. The summed E-state index contributed by atoms with van der Waals surface area (Å²) in [6.07, 6.45) is 3.00. The van der Waals surface area contributed by atoms with Gasteiger partial charge in [-0.15, -0.1) is 0 Å². The molecule has 0 unspecified atom stereocenters. The van der Waals surface area contributed by atoms with Crippen LogP contribution in [0.3, 0.4) is 0 Å². The minimum atomic E-state index is 0.479. The number of nitrogens with two attached hydrogens (primary N) is 1. The molecule has 0 aliphatic rings. The average Bonchev–Trinajstić information content (AvgIpc) is 1.99. The van der Waals surface area contributed by atoms with Gasteiger partial charge < -0.3 is 5.73 Å². The van der Waals surface area contributed by atoms with Gasteiger partial charge in [-0.3, -0.25) is 0 Å². The number of anilines is 1. The second-order valence-corrected chi connectivity index (χ2v) is 2.46. The Balaban J connectivity index is 3.03. The van der Waals surface area contributed by atoms with Crippen LogP contribution in [-0.4, -0.2) is 4.98 Å². The highest BCUT2D eigenvalue weighted by atomic mass is 14.8. The molecule has 0 bridgehead atoms. The molecule has 3 heteroatoms. The molecule has 0 aromatic carbocycles. The molecule has 0 saturated carbocycles. The zero-order valence-electron chi connectivity index (χ0n) is 6.78. The van der Waals surface area contributed by atoms with Crippen molar-refractivity contribution in [1.29, 1.82) is 5.26 Å². The Kier molecular flexibility index (Phi) is 2.44. The van der Waals surface area contributed by atoms with Crippen molar-refractivity contribution < 1.29 is 0 Å². The van der Waals surface area contributed by atoms with E-state index in [0.29, 0.717) is 11.5 Å². The highest BCUT2D eigenvalue weighted by Crippen LogP contribution is 2.07.